The predicted octanol–water partition coefficient (Wildman–Crippen LogP) is 4.85. The maximum Gasteiger partial charge on any atom is 0.234 e. The Labute approximate surface area is 167 Å². The molecule has 1 N–H and O–H groups in total. The zero-order chi connectivity index (χ0) is 19.4. The third-order valence-electron chi connectivity index (χ3n) is 4.22. The average Bonchev–Trinajstić information content (AvgIpc) is 3.19. The smallest absolute Gasteiger partial charge is 0.234 e. The molecule has 2 aromatic heterocycles. The molecule has 5 nitrogen and oxygen atoms in total. The highest BCUT2D eigenvalue weighted by Crippen LogP contribution is 2.31. The van der Waals surface area contributed by atoms with E-state index in [2.05, 4.69) is 41.3 Å². The number of carbonyl (C=O) groups is 1. The third-order valence-corrected chi connectivity index (χ3v) is 6.20. The highest BCUT2D eigenvalue weighted by atomic mass is 32.2. The van der Waals surface area contributed by atoms with Crippen molar-refractivity contribution >= 4 is 34.7 Å². The van der Waals surface area contributed by atoms with E-state index in [9.17, 15) is 4.79 Å². The fourth-order valence-corrected chi connectivity index (χ4v) is 4.20. The average molecular weight is 399 g/mol. The zero-order valence-corrected chi connectivity index (χ0v) is 17.3. The summed E-state index contributed by atoms with van der Waals surface area (Å²) < 4.78 is 2.01. The number of benzene rings is 1. The van der Waals surface area contributed by atoms with Gasteiger partial charge in [0, 0.05) is 28.1 Å². The van der Waals surface area contributed by atoms with Crippen molar-refractivity contribution in [3.63, 3.8) is 0 Å². The van der Waals surface area contributed by atoms with Crippen LogP contribution < -0.4 is 5.32 Å². The van der Waals surface area contributed by atoms with Gasteiger partial charge in [0.2, 0.25) is 5.91 Å². The fourth-order valence-electron chi connectivity index (χ4n) is 2.59. The van der Waals surface area contributed by atoms with Crippen LogP contribution in [0.4, 0.5) is 5.69 Å². The second kappa shape index (κ2) is 8.54. The van der Waals surface area contributed by atoms with Crippen molar-refractivity contribution in [2.75, 3.05) is 11.1 Å². The number of thioether (sulfide) groups is 1. The van der Waals surface area contributed by atoms with E-state index >= 15 is 0 Å². The number of allylic oxidation sites excluding steroid dienone is 1. The van der Waals surface area contributed by atoms with Gasteiger partial charge in [-0.2, -0.15) is 0 Å². The molecule has 3 aromatic rings. The number of hydrogen-bond acceptors (Lipinski definition) is 5. The summed E-state index contributed by atoms with van der Waals surface area (Å²) in [7, 11) is 0. The van der Waals surface area contributed by atoms with Gasteiger partial charge in [-0.15, -0.1) is 28.1 Å². The lowest BCUT2D eigenvalue weighted by molar-refractivity contribution is -0.113. The highest BCUT2D eigenvalue weighted by Gasteiger charge is 2.18. The highest BCUT2D eigenvalue weighted by molar-refractivity contribution is 7.99. The number of nitrogens with zero attached hydrogens (tertiary/aromatic N) is 3. The molecule has 1 aromatic carbocycles. The fraction of sp³-hybridized carbons (Fsp3) is 0.250. The summed E-state index contributed by atoms with van der Waals surface area (Å²) >= 11 is 3.08. The van der Waals surface area contributed by atoms with E-state index in [4.69, 9.17) is 0 Å². The van der Waals surface area contributed by atoms with Gasteiger partial charge < -0.3 is 5.32 Å². The van der Waals surface area contributed by atoms with E-state index in [0.29, 0.717) is 11.7 Å². The number of aryl methyl sites for hydroxylation is 2. The molecule has 3 rings (SSSR count). The van der Waals surface area contributed by atoms with Crippen LogP contribution in [0.1, 0.15) is 16.0 Å². The Morgan fingerprint density at radius 3 is 2.63 bits per heavy atom. The van der Waals surface area contributed by atoms with Gasteiger partial charge in [-0.25, -0.2) is 0 Å². The summed E-state index contributed by atoms with van der Waals surface area (Å²) in [6.45, 7) is 10.6. The molecule has 0 unspecified atom stereocenters. The Balaban J connectivity index is 1.73. The van der Waals surface area contributed by atoms with Crippen LogP contribution in [0.2, 0.25) is 0 Å². The second-order valence-electron chi connectivity index (χ2n) is 6.24. The van der Waals surface area contributed by atoms with Crippen LogP contribution in [0, 0.1) is 20.8 Å². The summed E-state index contributed by atoms with van der Waals surface area (Å²) in [5.74, 6) is 1.02. The van der Waals surface area contributed by atoms with E-state index in [1.807, 2.05) is 41.8 Å². The quantitative estimate of drug-likeness (QED) is 0.457. The monoisotopic (exact) mass is 398 g/mol. The van der Waals surface area contributed by atoms with Gasteiger partial charge in [0.1, 0.15) is 0 Å². The molecule has 2 heterocycles. The minimum absolute atomic E-state index is 0.0684. The minimum atomic E-state index is -0.0684. The van der Waals surface area contributed by atoms with Crippen LogP contribution in [0.5, 0.6) is 0 Å². The molecule has 1 amide bonds. The van der Waals surface area contributed by atoms with Gasteiger partial charge >= 0.3 is 0 Å². The summed E-state index contributed by atoms with van der Waals surface area (Å²) in [5.41, 5.74) is 4.25. The molecular weight excluding hydrogens is 376 g/mol. The van der Waals surface area contributed by atoms with Gasteiger partial charge in [0.15, 0.2) is 11.0 Å². The third kappa shape index (κ3) is 4.48. The van der Waals surface area contributed by atoms with Crippen molar-refractivity contribution in [3.8, 4) is 11.4 Å². The van der Waals surface area contributed by atoms with Gasteiger partial charge in [-0.05, 0) is 38.5 Å². The summed E-state index contributed by atoms with van der Waals surface area (Å²) in [4.78, 5) is 13.5. The molecule has 0 bridgehead atoms. The maximum atomic E-state index is 12.3. The maximum absolute atomic E-state index is 12.3. The normalized spacial score (nSPS) is 10.8. The van der Waals surface area contributed by atoms with Crippen LogP contribution >= 0.6 is 23.1 Å². The van der Waals surface area contributed by atoms with E-state index < -0.39 is 0 Å². The molecule has 0 saturated carbocycles. The molecule has 0 saturated heterocycles. The van der Waals surface area contributed by atoms with Crippen molar-refractivity contribution in [2.24, 2.45) is 0 Å². The molecule has 0 aliphatic carbocycles. The number of aromatic nitrogens is 3. The minimum Gasteiger partial charge on any atom is -0.325 e. The molecule has 0 fully saturated rings. The molecule has 7 heteroatoms. The molecule has 0 spiro atoms. The molecule has 0 radical (unpaired) electrons. The number of rotatable bonds is 7. The Hall–Kier alpha value is -2.38. The van der Waals surface area contributed by atoms with Crippen LogP contribution in [0.3, 0.4) is 0 Å². The first-order valence-electron chi connectivity index (χ1n) is 8.58. The van der Waals surface area contributed by atoms with Gasteiger partial charge in [-0.3, -0.25) is 9.36 Å². The van der Waals surface area contributed by atoms with E-state index in [1.54, 1.807) is 11.3 Å². The number of carbonyl (C=O) groups excluding carboxylic acids is 1. The van der Waals surface area contributed by atoms with Crippen molar-refractivity contribution in [3.05, 3.63) is 58.3 Å². The lowest BCUT2D eigenvalue weighted by Gasteiger charge is -2.08. The number of amides is 1. The SMILES string of the molecule is C=CCn1c(SCC(=O)Nc2ccc(C)cc2)nnc1-c1csc(C)c1C. The van der Waals surface area contributed by atoms with Crippen molar-refractivity contribution in [1.82, 2.24) is 14.8 Å². The largest absolute Gasteiger partial charge is 0.325 e. The zero-order valence-electron chi connectivity index (χ0n) is 15.7. The van der Waals surface area contributed by atoms with Gasteiger partial charge in [-0.1, -0.05) is 35.5 Å². The molecule has 27 heavy (non-hydrogen) atoms. The number of nitrogens with one attached hydrogen (secondary N) is 1. The number of hydrogen-bond donors (Lipinski definition) is 1. The van der Waals surface area contributed by atoms with Crippen molar-refractivity contribution in [1.29, 1.82) is 0 Å². The first kappa shape index (κ1) is 19.4. The Bertz CT molecular complexity index is 957. The molecule has 0 aliphatic rings. The van der Waals surface area contributed by atoms with Crippen LogP contribution in [0.25, 0.3) is 11.4 Å². The Kier molecular flexibility index (Phi) is 6.13. The summed E-state index contributed by atoms with van der Waals surface area (Å²) in [6, 6.07) is 7.75. The second-order valence-corrected chi connectivity index (χ2v) is 8.27. The first-order chi connectivity index (χ1) is 13.0. The summed E-state index contributed by atoms with van der Waals surface area (Å²) in [5, 5.41) is 14.4. The Morgan fingerprint density at radius 2 is 2.00 bits per heavy atom. The van der Waals surface area contributed by atoms with E-state index in [-0.39, 0.29) is 11.7 Å². The molecule has 0 aliphatic heterocycles. The van der Waals surface area contributed by atoms with E-state index in [1.165, 1.54) is 22.2 Å². The Morgan fingerprint density at radius 1 is 1.26 bits per heavy atom. The predicted molar refractivity (Wildman–Crippen MR) is 114 cm³/mol. The van der Waals surface area contributed by atoms with Gasteiger partial charge in [0.05, 0.1) is 5.75 Å². The topological polar surface area (TPSA) is 59.8 Å². The van der Waals surface area contributed by atoms with Crippen LogP contribution in [-0.4, -0.2) is 26.4 Å². The van der Waals surface area contributed by atoms with Gasteiger partial charge in [0.25, 0.3) is 0 Å². The lowest BCUT2D eigenvalue weighted by atomic mass is 10.1. The molecule has 0 atom stereocenters. The molecular formula is C20H22N4OS2. The standard InChI is InChI=1S/C20H22N4OS2/c1-5-10-24-19(17-11-26-15(4)14(17)3)22-23-20(24)27-12-18(25)21-16-8-6-13(2)7-9-16/h5-9,11H,1,10,12H2,2-4H3,(H,21,25). The summed E-state index contributed by atoms with van der Waals surface area (Å²) in [6.07, 6.45) is 1.82. The van der Waals surface area contributed by atoms with Crippen LogP contribution in [-0.2, 0) is 11.3 Å². The molecule has 140 valence electrons. The van der Waals surface area contributed by atoms with Crippen molar-refractivity contribution in [2.45, 2.75) is 32.5 Å². The van der Waals surface area contributed by atoms with E-state index in [0.717, 1.165) is 22.6 Å². The lowest BCUT2D eigenvalue weighted by Crippen LogP contribution is -2.14. The van der Waals surface area contributed by atoms with Crippen molar-refractivity contribution < 1.29 is 4.79 Å². The van der Waals surface area contributed by atoms with Crippen LogP contribution in [0.15, 0.2) is 47.5 Å². The number of anilines is 1. The number of thiophene rings is 1. The first-order valence-corrected chi connectivity index (χ1v) is 10.4.